The van der Waals surface area contributed by atoms with Crippen LogP contribution in [0.3, 0.4) is 0 Å². The van der Waals surface area contributed by atoms with E-state index in [2.05, 4.69) is 18.7 Å². The summed E-state index contributed by atoms with van der Waals surface area (Å²) in [5.41, 5.74) is 5.77. The number of rotatable bonds is 6. The zero-order valence-electron chi connectivity index (χ0n) is 11.1. The summed E-state index contributed by atoms with van der Waals surface area (Å²) in [6.07, 6.45) is 2.26. The minimum atomic E-state index is -2.75. The van der Waals surface area contributed by atoms with Crippen molar-refractivity contribution in [3.05, 3.63) is 0 Å². The molecule has 0 saturated carbocycles. The number of nitrogens with zero attached hydrogens (tertiary/aromatic N) is 1. The first-order valence-electron chi connectivity index (χ1n) is 6.56. The van der Waals surface area contributed by atoms with Crippen LogP contribution in [0.4, 0.5) is 0 Å². The molecule has 0 bridgehead atoms. The molecule has 1 saturated heterocycles. The Kier molecular flexibility index (Phi) is 5.89. The Hall–Kier alpha value is -0.130. The van der Waals surface area contributed by atoms with Gasteiger partial charge in [0.2, 0.25) is 0 Å². The van der Waals surface area contributed by atoms with Crippen LogP contribution in [0.1, 0.15) is 26.7 Å². The first kappa shape index (κ1) is 14.9. The fraction of sp³-hybridized carbons (Fsp3) is 1.00. The molecule has 17 heavy (non-hydrogen) atoms. The van der Waals surface area contributed by atoms with Crippen LogP contribution in [0.2, 0.25) is 0 Å². The van der Waals surface area contributed by atoms with Crippen LogP contribution in [0, 0.1) is 11.8 Å². The molecule has 102 valence electrons. The second kappa shape index (κ2) is 6.71. The van der Waals surface area contributed by atoms with E-state index in [4.69, 9.17) is 5.73 Å². The highest BCUT2D eigenvalue weighted by molar-refractivity contribution is 7.91. The molecule has 1 aliphatic heterocycles. The van der Waals surface area contributed by atoms with Gasteiger partial charge in [-0.1, -0.05) is 13.8 Å². The van der Waals surface area contributed by atoms with Gasteiger partial charge in [-0.2, -0.15) is 0 Å². The van der Waals surface area contributed by atoms with Crippen LogP contribution in [-0.4, -0.2) is 51.0 Å². The van der Waals surface area contributed by atoms with Gasteiger partial charge in [0.15, 0.2) is 9.84 Å². The minimum absolute atomic E-state index is 0.324. The van der Waals surface area contributed by atoms with Crippen molar-refractivity contribution in [1.82, 2.24) is 4.90 Å². The van der Waals surface area contributed by atoms with Crippen LogP contribution in [0.5, 0.6) is 0 Å². The van der Waals surface area contributed by atoms with Crippen LogP contribution >= 0.6 is 0 Å². The third-order valence-corrected chi connectivity index (χ3v) is 5.04. The Morgan fingerprint density at radius 3 is 2.29 bits per heavy atom. The monoisotopic (exact) mass is 262 g/mol. The molecule has 1 heterocycles. The second-order valence-corrected chi connectivity index (χ2v) is 7.82. The standard InChI is InChI=1S/C12H26N2O2S/c1-11(2)9-12(10-13)3-4-14-5-7-17(15,16)8-6-14/h11-12H,3-10,13H2,1-2H3. The number of nitrogens with two attached hydrogens (primary N) is 1. The van der Waals surface area contributed by atoms with Gasteiger partial charge < -0.3 is 10.6 Å². The van der Waals surface area contributed by atoms with Crippen molar-refractivity contribution in [2.45, 2.75) is 26.7 Å². The summed E-state index contributed by atoms with van der Waals surface area (Å²) in [4.78, 5) is 2.25. The Balaban J connectivity index is 2.26. The molecule has 0 aromatic heterocycles. The van der Waals surface area contributed by atoms with Gasteiger partial charge in [0.25, 0.3) is 0 Å². The summed E-state index contributed by atoms with van der Waals surface area (Å²) >= 11 is 0. The summed E-state index contributed by atoms with van der Waals surface area (Å²) in [6.45, 7) is 7.56. The van der Waals surface area contributed by atoms with Crippen molar-refractivity contribution in [1.29, 1.82) is 0 Å². The quantitative estimate of drug-likeness (QED) is 0.766. The molecular weight excluding hydrogens is 236 g/mol. The topological polar surface area (TPSA) is 63.4 Å². The third-order valence-electron chi connectivity index (χ3n) is 3.43. The number of hydrogen-bond donors (Lipinski definition) is 1. The lowest BCUT2D eigenvalue weighted by molar-refractivity contribution is 0.259. The molecule has 1 atom stereocenters. The smallest absolute Gasteiger partial charge is 0.152 e. The average molecular weight is 262 g/mol. The summed E-state index contributed by atoms with van der Waals surface area (Å²) < 4.78 is 22.6. The van der Waals surface area contributed by atoms with Crippen molar-refractivity contribution < 1.29 is 8.42 Å². The molecular formula is C12H26N2O2S. The zero-order valence-corrected chi connectivity index (χ0v) is 11.9. The maximum absolute atomic E-state index is 11.3. The molecule has 0 amide bonds. The van der Waals surface area contributed by atoms with Gasteiger partial charge in [-0.05, 0) is 37.8 Å². The third kappa shape index (κ3) is 5.84. The van der Waals surface area contributed by atoms with Crippen molar-refractivity contribution in [2.24, 2.45) is 17.6 Å². The van der Waals surface area contributed by atoms with Crippen LogP contribution < -0.4 is 5.73 Å². The van der Waals surface area contributed by atoms with E-state index in [1.807, 2.05) is 0 Å². The summed E-state index contributed by atoms with van der Waals surface area (Å²) in [6, 6.07) is 0. The average Bonchev–Trinajstić information content (AvgIpc) is 2.25. The number of hydrogen-bond acceptors (Lipinski definition) is 4. The second-order valence-electron chi connectivity index (χ2n) is 5.51. The van der Waals surface area contributed by atoms with E-state index in [0.29, 0.717) is 36.4 Å². The van der Waals surface area contributed by atoms with E-state index in [1.54, 1.807) is 0 Å². The van der Waals surface area contributed by atoms with Crippen LogP contribution in [-0.2, 0) is 9.84 Å². The molecule has 0 aromatic rings. The van der Waals surface area contributed by atoms with Crippen molar-refractivity contribution in [3.8, 4) is 0 Å². The van der Waals surface area contributed by atoms with Gasteiger partial charge in [-0.15, -0.1) is 0 Å². The number of sulfone groups is 1. The predicted molar refractivity (Wildman–Crippen MR) is 71.7 cm³/mol. The summed E-state index contributed by atoms with van der Waals surface area (Å²) in [5.74, 6) is 1.91. The molecule has 0 aromatic carbocycles. The summed E-state index contributed by atoms with van der Waals surface area (Å²) in [5, 5.41) is 0. The Morgan fingerprint density at radius 2 is 1.82 bits per heavy atom. The van der Waals surface area contributed by atoms with E-state index in [9.17, 15) is 8.42 Å². The van der Waals surface area contributed by atoms with Gasteiger partial charge in [0.1, 0.15) is 0 Å². The first-order valence-corrected chi connectivity index (χ1v) is 8.38. The highest BCUT2D eigenvalue weighted by Crippen LogP contribution is 2.15. The lowest BCUT2D eigenvalue weighted by atomic mass is 9.94. The minimum Gasteiger partial charge on any atom is -0.330 e. The normalized spacial score (nSPS) is 22.8. The molecule has 1 unspecified atom stereocenters. The van der Waals surface area contributed by atoms with E-state index >= 15 is 0 Å². The Morgan fingerprint density at radius 1 is 1.24 bits per heavy atom. The maximum Gasteiger partial charge on any atom is 0.152 e. The van der Waals surface area contributed by atoms with Gasteiger partial charge in [-0.3, -0.25) is 0 Å². The predicted octanol–water partition coefficient (Wildman–Crippen LogP) is 0.728. The zero-order chi connectivity index (χ0) is 12.9. The van der Waals surface area contributed by atoms with Gasteiger partial charge in [0.05, 0.1) is 11.5 Å². The van der Waals surface area contributed by atoms with E-state index in [0.717, 1.165) is 19.5 Å². The molecule has 5 heteroatoms. The molecule has 4 nitrogen and oxygen atoms in total. The molecule has 1 rings (SSSR count). The lowest BCUT2D eigenvalue weighted by Gasteiger charge is -2.28. The van der Waals surface area contributed by atoms with Crippen LogP contribution in [0.25, 0.3) is 0 Å². The van der Waals surface area contributed by atoms with Gasteiger partial charge in [0, 0.05) is 13.1 Å². The highest BCUT2D eigenvalue weighted by atomic mass is 32.2. The highest BCUT2D eigenvalue weighted by Gasteiger charge is 2.21. The van der Waals surface area contributed by atoms with Crippen molar-refractivity contribution >= 4 is 9.84 Å². The molecule has 0 radical (unpaired) electrons. The molecule has 1 aliphatic rings. The van der Waals surface area contributed by atoms with Crippen molar-refractivity contribution in [2.75, 3.05) is 37.7 Å². The fourth-order valence-electron chi connectivity index (χ4n) is 2.34. The molecule has 0 spiro atoms. The summed E-state index contributed by atoms with van der Waals surface area (Å²) in [7, 11) is -2.75. The van der Waals surface area contributed by atoms with E-state index < -0.39 is 9.84 Å². The van der Waals surface area contributed by atoms with E-state index in [1.165, 1.54) is 6.42 Å². The van der Waals surface area contributed by atoms with Crippen molar-refractivity contribution in [3.63, 3.8) is 0 Å². The van der Waals surface area contributed by atoms with E-state index in [-0.39, 0.29) is 0 Å². The largest absolute Gasteiger partial charge is 0.330 e. The Labute approximate surface area is 105 Å². The van der Waals surface area contributed by atoms with Gasteiger partial charge in [-0.25, -0.2) is 8.42 Å². The lowest BCUT2D eigenvalue weighted by Crippen LogP contribution is -2.41. The molecule has 1 fully saturated rings. The first-order chi connectivity index (χ1) is 7.93. The van der Waals surface area contributed by atoms with Gasteiger partial charge >= 0.3 is 0 Å². The maximum atomic E-state index is 11.3. The molecule has 0 aliphatic carbocycles. The van der Waals surface area contributed by atoms with Crippen LogP contribution in [0.15, 0.2) is 0 Å². The fourth-order valence-corrected chi connectivity index (χ4v) is 3.61. The molecule has 2 N–H and O–H groups in total. The Bertz CT molecular complexity index is 300. The SMILES string of the molecule is CC(C)CC(CN)CCN1CCS(=O)(=O)CC1.